The first-order chi connectivity index (χ1) is 4.27. The Morgan fingerprint density at radius 1 is 1.56 bits per heavy atom. The molecule has 0 saturated carbocycles. The van der Waals surface area contributed by atoms with E-state index in [4.69, 9.17) is 9.66 Å². The fraction of sp³-hybridized carbons (Fsp3) is 0.500. The van der Waals surface area contributed by atoms with Crippen molar-refractivity contribution in [2.75, 3.05) is 13.2 Å². The minimum atomic E-state index is -2.00. The van der Waals surface area contributed by atoms with Crippen LogP contribution in [0.4, 0.5) is 0 Å². The standard InChI is InChI=1S/C4H7NO3S/c6-4-2-1-3-5-9(7)8/h5-6H,3-4H2,(H,7,8). The van der Waals surface area contributed by atoms with Gasteiger partial charge in [-0.2, -0.15) is 0 Å². The molecule has 0 aromatic rings. The first-order valence-electron chi connectivity index (χ1n) is 2.18. The van der Waals surface area contributed by atoms with E-state index in [1.54, 1.807) is 0 Å². The maximum atomic E-state index is 9.83. The smallest absolute Gasteiger partial charge is 0.232 e. The van der Waals surface area contributed by atoms with Crippen molar-refractivity contribution >= 4 is 11.3 Å². The topological polar surface area (TPSA) is 69.6 Å². The molecule has 0 aliphatic carbocycles. The van der Waals surface area contributed by atoms with E-state index >= 15 is 0 Å². The van der Waals surface area contributed by atoms with Crippen LogP contribution in [0, 0.1) is 11.8 Å². The maximum absolute atomic E-state index is 9.83. The molecule has 9 heavy (non-hydrogen) atoms. The number of hydrogen-bond donors (Lipinski definition) is 3. The van der Waals surface area contributed by atoms with Gasteiger partial charge in [0.25, 0.3) is 0 Å². The molecular formula is C4H7NO3S. The molecule has 0 heterocycles. The van der Waals surface area contributed by atoms with Crippen LogP contribution in [0.15, 0.2) is 0 Å². The van der Waals surface area contributed by atoms with Crippen molar-refractivity contribution < 1.29 is 13.9 Å². The van der Waals surface area contributed by atoms with E-state index in [1.807, 2.05) is 0 Å². The monoisotopic (exact) mass is 149 g/mol. The number of hydrogen-bond acceptors (Lipinski definition) is 2. The highest BCUT2D eigenvalue weighted by Gasteiger charge is 1.83. The van der Waals surface area contributed by atoms with Gasteiger partial charge in [-0.05, 0) is 0 Å². The summed E-state index contributed by atoms with van der Waals surface area (Å²) >= 11 is -2.00. The lowest BCUT2D eigenvalue weighted by Gasteiger charge is -1.86. The largest absolute Gasteiger partial charge is 0.384 e. The molecule has 0 aromatic heterocycles. The van der Waals surface area contributed by atoms with Gasteiger partial charge in [-0.15, -0.1) is 0 Å². The second kappa shape index (κ2) is 5.72. The van der Waals surface area contributed by atoms with Crippen LogP contribution in [-0.4, -0.2) is 27.0 Å². The predicted octanol–water partition coefficient (Wildman–Crippen LogP) is -1.29. The molecule has 52 valence electrons. The lowest BCUT2D eigenvalue weighted by atomic mass is 10.6. The summed E-state index contributed by atoms with van der Waals surface area (Å²) in [5.74, 6) is 4.70. The first-order valence-corrected chi connectivity index (χ1v) is 3.29. The van der Waals surface area contributed by atoms with Gasteiger partial charge in [-0.25, -0.2) is 8.93 Å². The molecule has 0 aliphatic heterocycles. The summed E-state index contributed by atoms with van der Waals surface area (Å²) < 4.78 is 20.0. The summed E-state index contributed by atoms with van der Waals surface area (Å²) in [6, 6.07) is 0. The van der Waals surface area contributed by atoms with E-state index in [2.05, 4.69) is 16.6 Å². The Bertz CT molecular complexity index is 148. The minimum absolute atomic E-state index is 0.115. The molecule has 0 spiro atoms. The van der Waals surface area contributed by atoms with Gasteiger partial charge < -0.3 is 5.11 Å². The fourth-order valence-electron chi connectivity index (χ4n) is 0.216. The van der Waals surface area contributed by atoms with Gasteiger partial charge in [0, 0.05) is 0 Å². The molecule has 4 nitrogen and oxygen atoms in total. The molecule has 0 bridgehead atoms. The van der Waals surface area contributed by atoms with Crippen molar-refractivity contribution in [3.05, 3.63) is 0 Å². The van der Waals surface area contributed by atoms with Gasteiger partial charge in [-0.1, -0.05) is 11.8 Å². The van der Waals surface area contributed by atoms with E-state index < -0.39 is 11.3 Å². The van der Waals surface area contributed by atoms with Crippen molar-refractivity contribution in [3.8, 4) is 11.8 Å². The number of aliphatic hydroxyl groups excluding tert-OH is 1. The Kier molecular flexibility index (Phi) is 5.46. The Morgan fingerprint density at radius 2 is 2.22 bits per heavy atom. The molecule has 1 unspecified atom stereocenters. The molecule has 0 fully saturated rings. The second-order valence-corrected chi connectivity index (χ2v) is 1.87. The van der Waals surface area contributed by atoms with E-state index in [0.717, 1.165) is 0 Å². The molecule has 0 saturated heterocycles. The van der Waals surface area contributed by atoms with Gasteiger partial charge in [0.1, 0.15) is 6.61 Å². The van der Waals surface area contributed by atoms with Gasteiger partial charge in [0.2, 0.25) is 11.3 Å². The predicted molar refractivity (Wildman–Crippen MR) is 33.6 cm³/mol. The minimum Gasteiger partial charge on any atom is -0.384 e. The molecule has 0 aromatic carbocycles. The number of aliphatic hydroxyl groups is 1. The molecule has 0 rings (SSSR count). The molecule has 0 aliphatic rings. The Hall–Kier alpha value is -0.410. The SMILES string of the molecule is O=S(O)NCC#CCO. The maximum Gasteiger partial charge on any atom is 0.232 e. The van der Waals surface area contributed by atoms with Gasteiger partial charge in [-0.3, -0.25) is 4.55 Å². The third-order valence-corrected chi connectivity index (χ3v) is 0.879. The van der Waals surface area contributed by atoms with Crippen molar-refractivity contribution in [1.82, 2.24) is 4.72 Å². The van der Waals surface area contributed by atoms with Crippen molar-refractivity contribution in [1.29, 1.82) is 0 Å². The normalized spacial score (nSPS) is 11.8. The van der Waals surface area contributed by atoms with Gasteiger partial charge >= 0.3 is 0 Å². The second-order valence-electron chi connectivity index (χ2n) is 1.08. The highest BCUT2D eigenvalue weighted by molar-refractivity contribution is 7.77. The van der Waals surface area contributed by atoms with E-state index in [9.17, 15) is 4.21 Å². The third-order valence-electron chi connectivity index (χ3n) is 0.488. The molecule has 3 N–H and O–H groups in total. The lowest BCUT2D eigenvalue weighted by molar-refractivity contribution is 0.350. The first kappa shape index (κ1) is 8.59. The highest BCUT2D eigenvalue weighted by Crippen LogP contribution is 1.60. The molecule has 0 radical (unpaired) electrons. The zero-order chi connectivity index (χ0) is 7.11. The quantitative estimate of drug-likeness (QED) is 0.338. The lowest BCUT2D eigenvalue weighted by Crippen LogP contribution is -2.15. The van der Waals surface area contributed by atoms with Gasteiger partial charge in [0.05, 0.1) is 6.54 Å². The van der Waals surface area contributed by atoms with Crippen molar-refractivity contribution in [3.63, 3.8) is 0 Å². The molecule has 5 heteroatoms. The zero-order valence-electron chi connectivity index (χ0n) is 4.63. The van der Waals surface area contributed by atoms with Crippen LogP contribution in [0.5, 0.6) is 0 Å². The van der Waals surface area contributed by atoms with Crippen molar-refractivity contribution in [2.24, 2.45) is 0 Å². The Morgan fingerprint density at radius 3 is 2.67 bits per heavy atom. The molecule has 1 atom stereocenters. The molecular weight excluding hydrogens is 142 g/mol. The number of rotatable bonds is 2. The van der Waals surface area contributed by atoms with Crippen molar-refractivity contribution in [2.45, 2.75) is 0 Å². The van der Waals surface area contributed by atoms with Crippen LogP contribution in [0.3, 0.4) is 0 Å². The van der Waals surface area contributed by atoms with E-state index in [-0.39, 0.29) is 13.2 Å². The van der Waals surface area contributed by atoms with E-state index in [0.29, 0.717) is 0 Å². The Labute approximate surface area is 55.7 Å². The fourth-order valence-corrected chi connectivity index (χ4v) is 0.412. The Balaban J connectivity index is 3.19. The van der Waals surface area contributed by atoms with E-state index in [1.165, 1.54) is 0 Å². The van der Waals surface area contributed by atoms with Crippen LogP contribution in [0.1, 0.15) is 0 Å². The van der Waals surface area contributed by atoms with Crippen LogP contribution in [-0.2, 0) is 11.3 Å². The van der Waals surface area contributed by atoms with Crippen LogP contribution in [0.2, 0.25) is 0 Å². The number of nitrogens with one attached hydrogen (secondary N) is 1. The van der Waals surface area contributed by atoms with Gasteiger partial charge in [0.15, 0.2) is 0 Å². The summed E-state index contributed by atoms with van der Waals surface area (Å²) in [6.45, 7) is -0.108. The zero-order valence-corrected chi connectivity index (χ0v) is 5.44. The average molecular weight is 149 g/mol. The average Bonchev–Trinajstić information content (AvgIpc) is 1.80. The summed E-state index contributed by atoms with van der Waals surface area (Å²) in [4.78, 5) is 0. The summed E-state index contributed by atoms with van der Waals surface area (Å²) in [6.07, 6.45) is 0. The van der Waals surface area contributed by atoms with Crippen LogP contribution in [0.25, 0.3) is 0 Å². The molecule has 0 amide bonds. The third kappa shape index (κ3) is 7.59. The van der Waals surface area contributed by atoms with Crippen LogP contribution >= 0.6 is 0 Å². The summed E-state index contributed by atoms with van der Waals surface area (Å²) in [5.41, 5.74) is 0. The summed E-state index contributed by atoms with van der Waals surface area (Å²) in [7, 11) is 0. The summed E-state index contributed by atoms with van der Waals surface area (Å²) in [5, 5.41) is 8.09. The van der Waals surface area contributed by atoms with Crippen LogP contribution < -0.4 is 4.72 Å². The highest BCUT2D eigenvalue weighted by atomic mass is 32.2.